The zero-order valence-corrected chi connectivity index (χ0v) is 41.8. The van der Waals surface area contributed by atoms with Crippen LogP contribution in [0.15, 0.2) is 258 Å². The highest BCUT2D eigenvalue weighted by Gasteiger charge is 2.21. The minimum absolute atomic E-state index is 0.0125. The van der Waals surface area contributed by atoms with Gasteiger partial charge in [0.1, 0.15) is 71.7 Å². The first-order valence-corrected chi connectivity index (χ1v) is 27.7. The number of phenolic OH excluding ortho intramolecular Hbond substituents is 4. The van der Waals surface area contributed by atoms with Crippen LogP contribution in [0.1, 0.15) is 0 Å². The molecule has 0 aromatic heterocycles. The lowest BCUT2D eigenvalue weighted by atomic mass is 10.3. The van der Waals surface area contributed by atoms with Crippen molar-refractivity contribution in [1.29, 1.82) is 0 Å². The molecule has 0 aliphatic rings. The molecule has 0 unspecified atom stereocenters. The Kier molecular flexibility index (Phi) is 16.8. The van der Waals surface area contributed by atoms with Crippen molar-refractivity contribution >= 4 is 39.3 Å². The van der Waals surface area contributed by atoms with Gasteiger partial charge < -0.3 is 39.4 Å². The van der Waals surface area contributed by atoms with E-state index in [0.29, 0.717) is 23.0 Å². The van der Waals surface area contributed by atoms with E-state index in [-0.39, 0.29) is 75.4 Å². The van der Waals surface area contributed by atoms with E-state index < -0.39 is 39.3 Å². The summed E-state index contributed by atoms with van der Waals surface area (Å²) in [6.45, 7) is 0.467. The molecule has 0 radical (unpaired) electrons. The van der Waals surface area contributed by atoms with E-state index in [1.807, 2.05) is 0 Å². The van der Waals surface area contributed by atoms with Crippen molar-refractivity contribution in [3.8, 4) is 46.0 Å². The highest BCUT2D eigenvalue weighted by Crippen LogP contribution is 2.29. The molecule has 0 aliphatic heterocycles. The van der Waals surface area contributed by atoms with Crippen molar-refractivity contribution < 1.29 is 73.0 Å². The molecule has 0 fully saturated rings. The number of aromatic hydroxyl groups is 4. The first kappa shape index (κ1) is 53.2. The number of hydrogen-bond donors (Lipinski definition) is 4. The van der Waals surface area contributed by atoms with Crippen LogP contribution in [-0.4, -0.2) is 67.3 Å². The standard InChI is InChI=1S/C28H24O8S2.C26H20O8S2/c29-21-3-11-25(12-4-21)37(31,32)27-15-7-23(8-16-27)35-19-1-2-20-36-24-9-17-28(18-10-24)38(33,34)26-13-5-22(30)6-14-26;27-19-1-9-23(10-2-19)35(29,30)25-13-5-21(6-14-25)33-17-18-34-22-7-15-26(16-8-22)36(31,32)24-11-3-20(28)4-12-24/h1-18,29-30H,19-20H2;1-18,27-28H. The van der Waals surface area contributed by atoms with Crippen LogP contribution in [0.5, 0.6) is 46.0 Å². The third-order valence-corrected chi connectivity index (χ3v) is 17.6. The fourth-order valence-electron chi connectivity index (χ4n) is 6.51. The summed E-state index contributed by atoms with van der Waals surface area (Å²) in [4.78, 5) is 0.656. The molecule has 0 spiro atoms. The molecular formula is C54H44O16S4. The van der Waals surface area contributed by atoms with Crippen LogP contribution in [0.2, 0.25) is 0 Å². The van der Waals surface area contributed by atoms with Crippen molar-refractivity contribution in [2.24, 2.45) is 0 Å². The lowest BCUT2D eigenvalue weighted by molar-refractivity contribution is 0.350. The normalized spacial score (nSPS) is 11.9. The third-order valence-electron chi connectivity index (χ3n) is 10.4. The second-order valence-electron chi connectivity index (χ2n) is 15.5. The molecular weight excluding hydrogens is 1030 g/mol. The van der Waals surface area contributed by atoms with Crippen LogP contribution < -0.4 is 18.9 Å². The van der Waals surface area contributed by atoms with Crippen LogP contribution in [-0.2, 0) is 39.3 Å². The van der Waals surface area contributed by atoms with Gasteiger partial charge in [0.05, 0.1) is 39.2 Å². The van der Waals surface area contributed by atoms with Gasteiger partial charge in [0.2, 0.25) is 39.3 Å². The second kappa shape index (κ2) is 23.3. The predicted molar refractivity (Wildman–Crippen MR) is 271 cm³/mol. The molecule has 20 heteroatoms. The maximum absolute atomic E-state index is 12.7. The number of rotatable bonds is 18. The monoisotopic (exact) mass is 1080 g/mol. The van der Waals surface area contributed by atoms with Gasteiger partial charge in [0.25, 0.3) is 0 Å². The number of benzene rings is 8. The van der Waals surface area contributed by atoms with Crippen LogP contribution in [0.3, 0.4) is 0 Å². The summed E-state index contributed by atoms with van der Waals surface area (Å²) in [5, 5.41) is 37.4. The van der Waals surface area contributed by atoms with E-state index in [2.05, 4.69) is 0 Å². The zero-order chi connectivity index (χ0) is 52.9. The Morgan fingerprint density at radius 2 is 0.446 bits per heavy atom. The molecule has 0 bridgehead atoms. The Bertz CT molecular complexity index is 3430. The highest BCUT2D eigenvalue weighted by molar-refractivity contribution is 7.92. The summed E-state index contributed by atoms with van der Waals surface area (Å²) in [5.41, 5.74) is 0. The van der Waals surface area contributed by atoms with Crippen molar-refractivity contribution in [2.75, 3.05) is 13.2 Å². The van der Waals surface area contributed by atoms with Crippen molar-refractivity contribution in [1.82, 2.24) is 0 Å². The van der Waals surface area contributed by atoms with E-state index >= 15 is 0 Å². The summed E-state index contributed by atoms with van der Waals surface area (Å²) in [6, 6.07) is 44.8. The van der Waals surface area contributed by atoms with Gasteiger partial charge in [-0.25, -0.2) is 33.7 Å². The maximum atomic E-state index is 12.7. The molecule has 8 aromatic rings. The molecule has 0 amide bonds. The van der Waals surface area contributed by atoms with Gasteiger partial charge >= 0.3 is 0 Å². The smallest absolute Gasteiger partial charge is 0.206 e. The fourth-order valence-corrected chi connectivity index (χ4v) is 11.6. The quantitative estimate of drug-likeness (QED) is 0.0461. The van der Waals surface area contributed by atoms with Crippen molar-refractivity contribution in [2.45, 2.75) is 39.2 Å². The molecule has 0 heterocycles. The molecule has 74 heavy (non-hydrogen) atoms. The number of sulfone groups is 4. The Morgan fingerprint density at radius 3 is 0.649 bits per heavy atom. The van der Waals surface area contributed by atoms with Gasteiger partial charge in [-0.1, -0.05) is 0 Å². The summed E-state index contributed by atoms with van der Waals surface area (Å²) in [7, 11) is -14.9. The van der Waals surface area contributed by atoms with E-state index in [0.717, 1.165) is 0 Å². The lowest BCUT2D eigenvalue weighted by Crippen LogP contribution is -2.02. The van der Waals surface area contributed by atoms with Crippen LogP contribution in [0.4, 0.5) is 0 Å². The molecule has 380 valence electrons. The summed E-state index contributed by atoms with van der Waals surface area (Å²) in [5.74, 6) is 1.65. The zero-order valence-electron chi connectivity index (χ0n) is 38.5. The molecule has 8 rings (SSSR count). The first-order chi connectivity index (χ1) is 35.3. The SMILES string of the molecule is O=S(=O)(c1ccc(O)cc1)c1ccc(OC=COc2ccc(S(=O)(=O)c3ccc(O)cc3)cc2)cc1.O=S(=O)(c1ccc(O)cc1)c1ccc(OCC=CCOc2ccc(S(=O)(=O)c3ccc(O)cc3)cc2)cc1. The van der Waals surface area contributed by atoms with Gasteiger partial charge in [-0.15, -0.1) is 0 Å². The minimum atomic E-state index is -3.73. The average molecular weight is 1080 g/mol. The highest BCUT2D eigenvalue weighted by atomic mass is 32.2. The average Bonchev–Trinajstić information content (AvgIpc) is 3.40. The lowest BCUT2D eigenvalue weighted by Gasteiger charge is -2.08. The largest absolute Gasteiger partial charge is 0.508 e. The Balaban J connectivity index is 0.000000217. The summed E-state index contributed by atoms with van der Waals surface area (Å²) < 4.78 is 123. The number of ether oxygens (including phenoxy) is 4. The minimum Gasteiger partial charge on any atom is -0.508 e. The molecule has 0 saturated heterocycles. The Morgan fingerprint density at radius 1 is 0.270 bits per heavy atom. The number of phenols is 4. The molecule has 0 saturated carbocycles. The second-order valence-corrected chi connectivity index (χ2v) is 23.3. The van der Waals surface area contributed by atoms with Crippen LogP contribution in [0, 0.1) is 0 Å². The fraction of sp³-hybridized carbons (Fsp3) is 0.0370. The molecule has 8 aromatic carbocycles. The van der Waals surface area contributed by atoms with E-state index in [1.165, 1.54) is 182 Å². The molecule has 16 nitrogen and oxygen atoms in total. The topological polar surface area (TPSA) is 254 Å². The van der Waals surface area contributed by atoms with E-state index in [9.17, 15) is 54.1 Å². The predicted octanol–water partition coefficient (Wildman–Crippen LogP) is 9.47. The van der Waals surface area contributed by atoms with Crippen molar-refractivity contribution in [3.05, 3.63) is 219 Å². The van der Waals surface area contributed by atoms with E-state index in [1.54, 1.807) is 36.4 Å². The van der Waals surface area contributed by atoms with Gasteiger partial charge in [0, 0.05) is 0 Å². The summed E-state index contributed by atoms with van der Waals surface area (Å²) >= 11 is 0. The Hall–Kier alpha value is -8.56. The third kappa shape index (κ3) is 13.5. The molecule has 0 aliphatic carbocycles. The maximum Gasteiger partial charge on any atom is 0.206 e. The summed E-state index contributed by atoms with van der Waals surface area (Å²) in [6.07, 6.45) is 5.99. The van der Waals surface area contributed by atoms with Gasteiger partial charge in [-0.2, -0.15) is 0 Å². The number of hydrogen-bond acceptors (Lipinski definition) is 16. The van der Waals surface area contributed by atoms with E-state index in [4.69, 9.17) is 18.9 Å². The first-order valence-electron chi connectivity index (χ1n) is 21.8. The molecule has 4 N–H and O–H groups in total. The Labute approximate surface area is 427 Å². The van der Waals surface area contributed by atoms with Gasteiger partial charge in [0.15, 0.2) is 0 Å². The van der Waals surface area contributed by atoms with Crippen molar-refractivity contribution in [3.63, 3.8) is 0 Å². The van der Waals surface area contributed by atoms with Gasteiger partial charge in [-0.3, -0.25) is 0 Å². The van der Waals surface area contributed by atoms with Crippen LogP contribution >= 0.6 is 0 Å². The molecule has 0 atom stereocenters. The van der Waals surface area contributed by atoms with Gasteiger partial charge in [-0.05, 0) is 206 Å². The van der Waals surface area contributed by atoms with Crippen LogP contribution in [0.25, 0.3) is 0 Å².